The first-order chi connectivity index (χ1) is 9.88. The highest BCUT2D eigenvalue weighted by Crippen LogP contribution is 2.32. The van der Waals surface area contributed by atoms with Crippen molar-refractivity contribution < 1.29 is 9.15 Å². The average molecular weight is 267 g/mol. The Labute approximate surface area is 118 Å². The van der Waals surface area contributed by atoms with Gasteiger partial charge in [-0.2, -0.15) is 0 Å². The minimum absolute atomic E-state index is 0.343. The van der Waals surface area contributed by atoms with Crippen LogP contribution in [-0.2, 0) is 13.0 Å². The van der Waals surface area contributed by atoms with Crippen LogP contribution in [0.15, 0.2) is 59.0 Å². The van der Waals surface area contributed by atoms with E-state index in [0.29, 0.717) is 18.9 Å². The summed E-state index contributed by atoms with van der Waals surface area (Å²) in [5.41, 5.74) is 7.80. The molecule has 2 aromatic carbocycles. The molecular formula is C17H17NO2. The Kier molecular flexibility index (Phi) is 3.70. The summed E-state index contributed by atoms with van der Waals surface area (Å²) in [6, 6.07) is 18.1. The molecule has 0 aliphatic heterocycles. The van der Waals surface area contributed by atoms with Crippen molar-refractivity contribution in [1.82, 2.24) is 0 Å². The Hall–Kier alpha value is -2.26. The Morgan fingerprint density at radius 1 is 0.950 bits per heavy atom. The topological polar surface area (TPSA) is 48.4 Å². The summed E-state index contributed by atoms with van der Waals surface area (Å²) in [7, 11) is 0. The molecule has 3 aromatic rings. The van der Waals surface area contributed by atoms with Gasteiger partial charge in [0.15, 0.2) is 11.5 Å². The molecule has 0 amide bonds. The van der Waals surface area contributed by atoms with E-state index in [4.69, 9.17) is 14.9 Å². The summed E-state index contributed by atoms with van der Waals surface area (Å²) in [5, 5.41) is 0.987. The summed E-state index contributed by atoms with van der Waals surface area (Å²) in [6.07, 6.45) is 0.865. The third-order valence-corrected chi connectivity index (χ3v) is 3.28. The third-order valence-electron chi connectivity index (χ3n) is 3.28. The molecule has 3 nitrogen and oxygen atoms in total. The van der Waals surface area contributed by atoms with Gasteiger partial charge in [-0.05, 0) is 17.7 Å². The molecule has 2 N–H and O–H groups in total. The molecule has 102 valence electrons. The Morgan fingerprint density at radius 2 is 1.70 bits per heavy atom. The minimum Gasteiger partial charge on any atom is -0.489 e. The Bertz CT molecular complexity index is 689. The fraction of sp³-hybridized carbons (Fsp3) is 0.176. The van der Waals surface area contributed by atoms with Crippen molar-refractivity contribution in [1.29, 1.82) is 0 Å². The lowest BCUT2D eigenvalue weighted by Crippen LogP contribution is -2.04. The molecule has 0 aliphatic rings. The van der Waals surface area contributed by atoms with Gasteiger partial charge in [0.25, 0.3) is 0 Å². The van der Waals surface area contributed by atoms with E-state index in [1.54, 1.807) is 0 Å². The van der Waals surface area contributed by atoms with Gasteiger partial charge in [-0.1, -0.05) is 42.5 Å². The van der Waals surface area contributed by atoms with Crippen LogP contribution in [0.4, 0.5) is 0 Å². The lowest BCUT2D eigenvalue weighted by Gasteiger charge is -2.06. The van der Waals surface area contributed by atoms with Crippen LogP contribution < -0.4 is 10.5 Å². The van der Waals surface area contributed by atoms with Crippen LogP contribution in [0.3, 0.4) is 0 Å². The minimum atomic E-state index is 0.343. The molecule has 0 bridgehead atoms. The molecule has 1 heterocycles. The predicted molar refractivity (Wildman–Crippen MR) is 79.7 cm³/mol. The SMILES string of the molecule is NCc1oc2ccccc2c1OCCc1ccccc1. The highest BCUT2D eigenvalue weighted by Gasteiger charge is 2.13. The van der Waals surface area contributed by atoms with E-state index in [-0.39, 0.29) is 0 Å². The molecule has 3 heteroatoms. The lowest BCUT2D eigenvalue weighted by molar-refractivity contribution is 0.314. The fourth-order valence-corrected chi connectivity index (χ4v) is 2.28. The predicted octanol–water partition coefficient (Wildman–Crippen LogP) is 3.51. The number of hydrogen-bond acceptors (Lipinski definition) is 3. The zero-order valence-electron chi connectivity index (χ0n) is 11.2. The van der Waals surface area contributed by atoms with E-state index in [0.717, 1.165) is 23.1 Å². The molecule has 0 aliphatic carbocycles. The van der Waals surface area contributed by atoms with E-state index in [9.17, 15) is 0 Å². The largest absolute Gasteiger partial charge is 0.489 e. The van der Waals surface area contributed by atoms with Gasteiger partial charge in [0.2, 0.25) is 0 Å². The van der Waals surface area contributed by atoms with Crippen LogP contribution in [0.1, 0.15) is 11.3 Å². The van der Waals surface area contributed by atoms with Crippen LogP contribution >= 0.6 is 0 Å². The first-order valence-corrected chi connectivity index (χ1v) is 6.75. The fourth-order valence-electron chi connectivity index (χ4n) is 2.28. The second kappa shape index (κ2) is 5.80. The van der Waals surface area contributed by atoms with Gasteiger partial charge in [0.1, 0.15) is 5.58 Å². The number of ether oxygens (including phenoxy) is 1. The quantitative estimate of drug-likeness (QED) is 0.769. The van der Waals surface area contributed by atoms with Crippen molar-refractivity contribution in [2.45, 2.75) is 13.0 Å². The van der Waals surface area contributed by atoms with Crippen LogP contribution in [0.2, 0.25) is 0 Å². The summed E-state index contributed by atoms with van der Waals surface area (Å²) in [6.45, 7) is 0.954. The molecule has 0 saturated heterocycles. The molecular weight excluding hydrogens is 250 g/mol. The van der Waals surface area contributed by atoms with Crippen molar-refractivity contribution in [3.63, 3.8) is 0 Å². The second-order valence-corrected chi connectivity index (χ2v) is 4.64. The van der Waals surface area contributed by atoms with Crippen LogP contribution in [-0.4, -0.2) is 6.61 Å². The molecule has 3 rings (SSSR count). The standard InChI is InChI=1S/C17H17NO2/c18-12-16-17(14-8-4-5-9-15(14)20-16)19-11-10-13-6-2-1-3-7-13/h1-9H,10-12,18H2. The molecule has 20 heavy (non-hydrogen) atoms. The van der Waals surface area contributed by atoms with Crippen molar-refractivity contribution >= 4 is 11.0 Å². The molecule has 0 unspecified atom stereocenters. The van der Waals surface area contributed by atoms with Crippen molar-refractivity contribution in [2.24, 2.45) is 5.73 Å². The molecule has 0 atom stereocenters. The number of benzene rings is 2. The van der Waals surface area contributed by atoms with Gasteiger partial charge in [-0.25, -0.2) is 0 Å². The first kappa shape index (κ1) is 12.8. The Morgan fingerprint density at radius 3 is 2.50 bits per heavy atom. The maximum absolute atomic E-state index is 5.91. The number of furan rings is 1. The Balaban J connectivity index is 1.77. The maximum atomic E-state index is 5.91. The van der Waals surface area contributed by atoms with E-state index < -0.39 is 0 Å². The summed E-state index contributed by atoms with van der Waals surface area (Å²) in [4.78, 5) is 0. The van der Waals surface area contributed by atoms with Gasteiger partial charge >= 0.3 is 0 Å². The van der Waals surface area contributed by atoms with Gasteiger partial charge in [0.05, 0.1) is 18.5 Å². The molecule has 0 radical (unpaired) electrons. The maximum Gasteiger partial charge on any atom is 0.169 e. The number of para-hydroxylation sites is 1. The third kappa shape index (κ3) is 2.53. The van der Waals surface area contributed by atoms with Gasteiger partial charge in [-0.3, -0.25) is 0 Å². The summed E-state index contributed by atoms with van der Waals surface area (Å²) < 4.78 is 11.6. The van der Waals surface area contributed by atoms with Gasteiger partial charge in [0, 0.05) is 6.42 Å². The summed E-state index contributed by atoms with van der Waals surface area (Å²) in [5.74, 6) is 1.48. The molecule has 0 spiro atoms. The normalized spacial score (nSPS) is 10.8. The lowest BCUT2D eigenvalue weighted by atomic mass is 10.2. The van der Waals surface area contributed by atoms with Crippen molar-refractivity contribution in [3.05, 3.63) is 65.9 Å². The van der Waals surface area contributed by atoms with E-state index in [2.05, 4.69) is 12.1 Å². The van der Waals surface area contributed by atoms with Gasteiger partial charge in [-0.15, -0.1) is 0 Å². The highest BCUT2D eigenvalue weighted by molar-refractivity contribution is 5.85. The second-order valence-electron chi connectivity index (χ2n) is 4.64. The first-order valence-electron chi connectivity index (χ1n) is 6.75. The molecule has 0 saturated carbocycles. The van der Waals surface area contributed by atoms with Gasteiger partial charge < -0.3 is 14.9 Å². The number of rotatable bonds is 5. The van der Waals surface area contributed by atoms with E-state index in [1.165, 1.54) is 5.56 Å². The number of nitrogens with two attached hydrogens (primary N) is 1. The number of fused-ring (bicyclic) bond motifs is 1. The monoisotopic (exact) mass is 267 g/mol. The zero-order chi connectivity index (χ0) is 13.8. The molecule has 0 fully saturated rings. The van der Waals surface area contributed by atoms with E-state index in [1.807, 2.05) is 42.5 Å². The summed E-state index contributed by atoms with van der Waals surface area (Å²) >= 11 is 0. The van der Waals surface area contributed by atoms with Crippen LogP contribution in [0.5, 0.6) is 5.75 Å². The highest BCUT2D eigenvalue weighted by atomic mass is 16.5. The zero-order valence-corrected chi connectivity index (χ0v) is 11.2. The van der Waals surface area contributed by atoms with Crippen LogP contribution in [0.25, 0.3) is 11.0 Å². The van der Waals surface area contributed by atoms with Crippen molar-refractivity contribution in [2.75, 3.05) is 6.61 Å². The smallest absolute Gasteiger partial charge is 0.169 e. The average Bonchev–Trinajstić information content (AvgIpc) is 2.87. The van der Waals surface area contributed by atoms with Crippen LogP contribution in [0, 0.1) is 0 Å². The molecule has 1 aromatic heterocycles. The van der Waals surface area contributed by atoms with E-state index >= 15 is 0 Å². The van der Waals surface area contributed by atoms with Crippen molar-refractivity contribution in [3.8, 4) is 5.75 Å². The number of hydrogen-bond donors (Lipinski definition) is 1.